The molecule has 0 N–H and O–H groups in total. The molecule has 3 aromatic rings. The lowest BCUT2D eigenvalue weighted by Gasteiger charge is -2.41. The molecule has 2 aromatic heterocycles. The SMILES string of the molecule is CC1CN(c2nc(C3CC3)c(-c3cccc4cnccc34)cc2C#N)CCN1C(=O)CC(F)(F)F. The summed E-state index contributed by atoms with van der Waals surface area (Å²) in [6, 6.07) is 11.7. The summed E-state index contributed by atoms with van der Waals surface area (Å²) in [6.45, 7) is 2.51. The minimum atomic E-state index is -4.53. The van der Waals surface area contributed by atoms with Crippen molar-refractivity contribution < 1.29 is 18.0 Å². The van der Waals surface area contributed by atoms with Crippen molar-refractivity contribution in [2.24, 2.45) is 0 Å². The highest BCUT2D eigenvalue weighted by Gasteiger charge is 2.37. The topological polar surface area (TPSA) is 73.1 Å². The highest BCUT2D eigenvalue weighted by Crippen LogP contribution is 2.46. The van der Waals surface area contributed by atoms with Crippen molar-refractivity contribution in [1.82, 2.24) is 14.9 Å². The normalized spacial score (nSPS) is 18.5. The van der Waals surface area contributed by atoms with Crippen LogP contribution in [0.5, 0.6) is 0 Å². The van der Waals surface area contributed by atoms with Crippen molar-refractivity contribution in [2.75, 3.05) is 24.5 Å². The second kappa shape index (κ2) is 8.84. The maximum absolute atomic E-state index is 12.7. The number of amides is 1. The molecule has 0 spiro atoms. The number of alkyl halides is 3. The summed E-state index contributed by atoms with van der Waals surface area (Å²) >= 11 is 0. The van der Waals surface area contributed by atoms with Gasteiger partial charge in [0.15, 0.2) is 0 Å². The van der Waals surface area contributed by atoms with E-state index in [-0.39, 0.29) is 6.54 Å². The van der Waals surface area contributed by atoms with Gasteiger partial charge in [0, 0.05) is 54.9 Å². The number of aromatic nitrogens is 2. The number of fused-ring (bicyclic) bond motifs is 1. The van der Waals surface area contributed by atoms with Gasteiger partial charge in [0.05, 0.1) is 11.3 Å². The average molecular weight is 480 g/mol. The fourth-order valence-electron chi connectivity index (χ4n) is 4.88. The van der Waals surface area contributed by atoms with Gasteiger partial charge in [-0.05, 0) is 42.8 Å². The van der Waals surface area contributed by atoms with Gasteiger partial charge in [-0.15, -0.1) is 0 Å². The number of pyridine rings is 2. The molecular weight excluding hydrogens is 455 g/mol. The lowest BCUT2D eigenvalue weighted by Crippen LogP contribution is -2.55. The van der Waals surface area contributed by atoms with Crippen LogP contribution in [0, 0.1) is 11.3 Å². The van der Waals surface area contributed by atoms with Crippen LogP contribution in [-0.4, -0.2) is 52.6 Å². The highest BCUT2D eigenvalue weighted by atomic mass is 19.4. The van der Waals surface area contributed by atoms with Crippen LogP contribution in [0.2, 0.25) is 0 Å². The van der Waals surface area contributed by atoms with Crippen molar-refractivity contribution in [3.63, 3.8) is 0 Å². The van der Waals surface area contributed by atoms with Crippen LogP contribution < -0.4 is 4.90 Å². The summed E-state index contributed by atoms with van der Waals surface area (Å²) in [5.41, 5.74) is 3.28. The number of anilines is 1. The molecule has 180 valence electrons. The lowest BCUT2D eigenvalue weighted by molar-refractivity contribution is -0.163. The zero-order chi connectivity index (χ0) is 24.7. The molecule has 6 nitrogen and oxygen atoms in total. The van der Waals surface area contributed by atoms with E-state index in [1.165, 1.54) is 4.90 Å². The summed E-state index contributed by atoms with van der Waals surface area (Å²) in [6.07, 6.45) is -0.391. The van der Waals surface area contributed by atoms with E-state index in [1.807, 2.05) is 41.4 Å². The molecule has 1 saturated heterocycles. The molecule has 1 unspecified atom stereocenters. The fourth-order valence-corrected chi connectivity index (χ4v) is 4.88. The largest absolute Gasteiger partial charge is 0.397 e. The maximum Gasteiger partial charge on any atom is 0.397 e. The standard InChI is InChI=1S/C26H24F3N5O/c1-16-15-33(9-10-34(16)23(35)12-26(27,28)29)25-19(13-30)11-22(24(32-25)17-5-6-17)21-4-2-3-18-14-31-8-7-20(18)21/h2-4,7-8,11,14,16-17H,5-6,9-10,12,15H2,1H3. The van der Waals surface area contributed by atoms with Gasteiger partial charge in [0.1, 0.15) is 18.3 Å². The van der Waals surface area contributed by atoms with Crippen LogP contribution in [0.25, 0.3) is 21.9 Å². The number of carbonyl (C=O) groups excluding carboxylic acids is 1. The molecule has 9 heteroatoms. The Morgan fingerprint density at radius 3 is 2.69 bits per heavy atom. The Labute approximate surface area is 201 Å². The molecule has 1 saturated carbocycles. The highest BCUT2D eigenvalue weighted by molar-refractivity contribution is 5.97. The van der Waals surface area contributed by atoms with E-state index in [4.69, 9.17) is 4.98 Å². The predicted molar refractivity (Wildman–Crippen MR) is 126 cm³/mol. The molecule has 35 heavy (non-hydrogen) atoms. The van der Waals surface area contributed by atoms with Crippen molar-refractivity contribution in [2.45, 2.75) is 44.3 Å². The number of benzene rings is 1. The molecule has 2 aliphatic rings. The molecule has 1 amide bonds. The van der Waals surface area contributed by atoms with Gasteiger partial charge in [-0.1, -0.05) is 18.2 Å². The van der Waals surface area contributed by atoms with Crippen LogP contribution in [0.15, 0.2) is 42.7 Å². The zero-order valence-corrected chi connectivity index (χ0v) is 19.2. The Morgan fingerprint density at radius 1 is 1.20 bits per heavy atom. The smallest absolute Gasteiger partial charge is 0.352 e. The van der Waals surface area contributed by atoms with E-state index in [9.17, 15) is 23.2 Å². The number of rotatable bonds is 4. The van der Waals surface area contributed by atoms with Gasteiger partial charge < -0.3 is 9.80 Å². The minimum absolute atomic E-state index is 0.152. The number of hydrogen-bond acceptors (Lipinski definition) is 5. The lowest BCUT2D eigenvalue weighted by atomic mass is 9.95. The molecule has 3 heterocycles. The van der Waals surface area contributed by atoms with E-state index >= 15 is 0 Å². The number of piperazine rings is 1. The maximum atomic E-state index is 12.7. The van der Waals surface area contributed by atoms with Gasteiger partial charge in [-0.25, -0.2) is 4.98 Å². The first-order valence-electron chi connectivity index (χ1n) is 11.6. The first-order chi connectivity index (χ1) is 16.7. The third-order valence-corrected chi connectivity index (χ3v) is 6.69. The van der Waals surface area contributed by atoms with Gasteiger partial charge in [-0.3, -0.25) is 9.78 Å². The molecule has 2 fully saturated rings. The molecule has 1 atom stereocenters. The molecule has 5 rings (SSSR count). The van der Waals surface area contributed by atoms with E-state index in [2.05, 4.69) is 11.1 Å². The summed E-state index contributed by atoms with van der Waals surface area (Å²) in [7, 11) is 0. The first-order valence-corrected chi connectivity index (χ1v) is 11.6. The molecule has 1 aromatic carbocycles. The summed E-state index contributed by atoms with van der Waals surface area (Å²) in [5, 5.41) is 12.0. The van der Waals surface area contributed by atoms with Crippen molar-refractivity contribution in [1.29, 1.82) is 5.26 Å². The van der Waals surface area contributed by atoms with E-state index in [0.717, 1.165) is 40.4 Å². The second-order valence-corrected chi connectivity index (χ2v) is 9.25. The monoisotopic (exact) mass is 479 g/mol. The van der Waals surface area contributed by atoms with Crippen LogP contribution in [0.4, 0.5) is 19.0 Å². The van der Waals surface area contributed by atoms with E-state index < -0.39 is 24.5 Å². The molecule has 1 aliphatic carbocycles. The van der Waals surface area contributed by atoms with Crippen LogP contribution >= 0.6 is 0 Å². The number of nitriles is 1. The second-order valence-electron chi connectivity index (χ2n) is 9.25. The van der Waals surface area contributed by atoms with E-state index in [1.54, 1.807) is 13.1 Å². The zero-order valence-electron chi connectivity index (χ0n) is 19.2. The van der Waals surface area contributed by atoms with Crippen LogP contribution in [0.1, 0.15) is 43.4 Å². The Bertz CT molecular complexity index is 1320. The summed E-state index contributed by atoms with van der Waals surface area (Å²) in [4.78, 5) is 24.5. The average Bonchev–Trinajstić information content (AvgIpc) is 3.67. The number of nitrogens with zero attached hydrogens (tertiary/aromatic N) is 5. The van der Waals surface area contributed by atoms with Gasteiger partial charge >= 0.3 is 6.18 Å². The Kier molecular flexibility index (Phi) is 5.83. The number of carbonyl (C=O) groups is 1. The molecule has 0 radical (unpaired) electrons. The Morgan fingerprint density at radius 2 is 2.00 bits per heavy atom. The summed E-state index contributed by atoms with van der Waals surface area (Å²) < 4.78 is 38.2. The quantitative estimate of drug-likeness (QED) is 0.525. The van der Waals surface area contributed by atoms with Crippen molar-refractivity contribution in [3.05, 3.63) is 54.0 Å². The van der Waals surface area contributed by atoms with Gasteiger partial charge in [0.2, 0.25) is 5.91 Å². The molecule has 1 aliphatic heterocycles. The Balaban J connectivity index is 1.49. The van der Waals surface area contributed by atoms with Crippen molar-refractivity contribution >= 4 is 22.5 Å². The van der Waals surface area contributed by atoms with Gasteiger partial charge in [0.25, 0.3) is 0 Å². The molecular formula is C26H24F3N5O. The summed E-state index contributed by atoms with van der Waals surface area (Å²) in [5.74, 6) is -0.0759. The predicted octanol–water partition coefficient (Wildman–Crippen LogP) is 5.04. The Hall–Kier alpha value is -3.67. The minimum Gasteiger partial charge on any atom is -0.352 e. The molecule has 0 bridgehead atoms. The number of halogens is 3. The van der Waals surface area contributed by atoms with Gasteiger partial charge in [-0.2, -0.15) is 18.4 Å². The van der Waals surface area contributed by atoms with Crippen LogP contribution in [-0.2, 0) is 4.79 Å². The first kappa shape index (κ1) is 23.1. The van der Waals surface area contributed by atoms with Crippen LogP contribution in [0.3, 0.4) is 0 Å². The van der Waals surface area contributed by atoms with Crippen molar-refractivity contribution in [3.8, 4) is 17.2 Å². The third-order valence-electron chi connectivity index (χ3n) is 6.69. The fraction of sp³-hybridized carbons (Fsp3) is 0.385. The third kappa shape index (κ3) is 4.65. The van der Waals surface area contributed by atoms with E-state index in [0.29, 0.717) is 30.4 Å². The number of hydrogen-bond donors (Lipinski definition) is 0.